The summed E-state index contributed by atoms with van der Waals surface area (Å²) in [4.78, 5) is 10.9. The van der Waals surface area contributed by atoms with Crippen LogP contribution < -0.4 is 0 Å². The Bertz CT molecular complexity index is 817. The smallest absolute Gasteiger partial charge is 0.337 e. The van der Waals surface area contributed by atoms with Gasteiger partial charge in [-0.2, -0.15) is 5.26 Å². The third-order valence-corrected chi connectivity index (χ3v) is 4.63. The monoisotopic (exact) mass is 301 g/mol. The van der Waals surface area contributed by atoms with Crippen molar-refractivity contribution < 1.29 is 18.3 Å². The topological polar surface area (TPSA) is 95.2 Å². The quantitative estimate of drug-likeness (QED) is 0.934. The van der Waals surface area contributed by atoms with Gasteiger partial charge in [-0.15, -0.1) is 0 Å². The second kappa shape index (κ2) is 5.77. The minimum absolute atomic E-state index is 0.207. The minimum Gasteiger partial charge on any atom is -0.478 e. The number of sulfone groups is 1. The molecule has 0 fully saturated rings. The van der Waals surface area contributed by atoms with Crippen molar-refractivity contribution in [2.75, 3.05) is 0 Å². The van der Waals surface area contributed by atoms with Crippen molar-refractivity contribution >= 4 is 15.8 Å². The summed E-state index contributed by atoms with van der Waals surface area (Å²) < 4.78 is 24.7. The van der Waals surface area contributed by atoms with E-state index in [4.69, 9.17) is 10.4 Å². The lowest BCUT2D eigenvalue weighted by molar-refractivity contribution is 0.0692. The van der Waals surface area contributed by atoms with Crippen LogP contribution in [0.15, 0.2) is 53.4 Å². The number of nitriles is 1. The third-order valence-electron chi connectivity index (χ3n) is 2.89. The Balaban J connectivity index is 2.39. The van der Waals surface area contributed by atoms with Crippen LogP contribution in [0.4, 0.5) is 0 Å². The summed E-state index contributed by atoms with van der Waals surface area (Å²) in [5.74, 6) is -1.60. The van der Waals surface area contributed by atoms with Crippen LogP contribution >= 0.6 is 0 Å². The Kier molecular flexibility index (Phi) is 4.05. The van der Waals surface area contributed by atoms with Crippen molar-refractivity contribution in [3.63, 3.8) is 0 Å². The minimum atomic E-state index is -3.77. The zero-order valence-corrected chi connectivity index (χ0v) is 11.7. The molecule has 5 nitrogen and oxygen atoms in total. The molecule has 0 bridgehead atoms. The number of carboxylic acid groups (broad SMARTS) is 1. The molecule has 0 aliphatic carbocycles. The molecule has 0 atom stereocenters. The fourth-order valence-electron chi connectivity index (χ4n) is 1.89. The van der Waals surface area contributed by atoms with Gasteiger partial charge in [-0.1, -0.05) is 24.3 Å². The van der Waals surface area contributed by atoms with E-state index in [9.17, 15) is 13.2 Å². The maximum atomic E-state index is 12.4. The zero-order valence-electron chi connectivity index (χ0n) is 10.9. The Morgan fingerprint density at radius 1 is 1.10 bits per heavy atom. The van der Waals surface area contributed by atoms with Crippen LogP contribution in [0.2, 0.25) is 0 Å². The molecule has 0 saturated heterocycles. The number of aromatic carboxylic acids is 1. The lowest BCUT2D eigenvalue weighted by Crippen LogP contribution is -2.11. The van der Waals surface area contributed by atoms with Crippen molar-refractivity contribution in [1.82, 2.24) is 0 Å². The highest BCUT2D eigenvalue weighted by atomic mass is 32.2. The first-order valence-electron chi connectivity index (χ1n) is 5.98. The van der Waals surface area contributed by atoms with Crippen LogP contribution in [0.1, 0.15) is 21.5 Å². The van der Waals surface area contributed by atoms with Gasteiger partial charge in [0.1, 0.15) is 0 Å². The maximum absolute atomic E-state index is 12.4. The summed E-state index contributed by atoms with van der Waals surface area (Å²) in [7, 11) is -3.77. The van der Waals surface area contributed by atoms with Gasteiger partial charge in [-0.25, -0.2) is 13.2 Å². The van der Waals surface area contributed by atoms with Crippen LogP contribution in [0.5, 0.6) is 0 Å². The summed E-state index contributed by atoms with van der Waals surface area (Å²) in [5, 5.41) is 17.8. The molecular formula is C15H11NO4S. The molecule has 0 aliphatic heterocycles. The SMILES string of the molecule is N#Cc1ccc(CS(=O)(=O)c2ccccc2C(=O)O)cc1. The van der Waals surface area contributed by atoms with Gasteiger partial charge in [-0.05, 0) is 29.8 Å². The Morgan fingerprint density at radius 2 is 1.71 bits per heavy atom. The summed E-state index contributed by atoms with van der Waals surface area (Å²) >= 11 is 0. The number of hydrogen-bond acceptors (Lipinski definition) is 4. The third kappa shape index (κ3) is 3.27. The fourth-order valence-corrected chi connectivity index (χ4v) is 3.45. The fraction of sp³-hybridized carbons (Fsp3) is 0.0667. The van der Waals surface area contributed by atoms with Gasteiger partial charge in [0.15, 0.2) is 9.84 Å². The van der Waals surface area contributed by atoms with Crippen LogP contribution in [-0.2, 0) is 15.6 Å². The van der Waals surface area contributed by atoms with Crippen molar-refractivity contribution in [3.8, 4) is 6.07 Å². The first-order valence-corrected chi connectivity index (χ1v) is 7.63. The molecule has 0 aliphatic rings. The Morgan fingerprint density at radius 3 is 2.29 bits per heavy atom. The number of carbonyl (C=O) groups is 1. The first kappa shape index (κ1) is 14.8. The zero-order chi connectivity index (χ0) is 15.5. The van der Waals surface area contributed by atoms with Gasteiger partial charge in [-0.3, -0.25) is 0 Å². The van der Waals surface area contributed by atoms with E-state index in [0.29, 0.717) is 11.1 Å². The summed E-state index contributed by atoms with van der Waals surface area (Å²) in [6.07, 6.45) is 0. The summed E-state index contributed by atoms with van der Waals surface area (Å²) in [6.45, 7) is 0. The van der Waals surface area contributed by atoms with Gasteiger partial charge in [0.2, 0.25) is 0 Å². The highest BCUT2D eigenvalue weighted by Crippen LogP contribution is 2.20. The van der Waals surface area contributed by atoms with Crippen LogP contribution in [-0.4, -0.2) is 19.5 Å². The number of benzene rings is 2. The average molecular weight is 301 g/mol. The highest BCUT2D eigenvalue weighted by Gasteiger charge is 2.22. The van der Waals surface area contributed by atoms with Crippen molar-refractivity contribution in [3.05, 3.63) is 65.2 Å². The molecular weight excluding hydrogens is 290 g/mol. The molecule has 0 spiro atoms. The molecule has 0 heterocycles. The van der Waals surface area contributed by atoms with Gasteiger partial charge in [0.05, 0.1) is 27.8 Å². The standard InChI is InChI=1S/C15H11NO4S/c16-9-11-5-7-12(8-6-11)10-21(19,20)14-4-2-1-3-13(14)15(17)18/h1-8H,10H2,(H,17,18). The molecule has 0 saturated carbocycles. The molecule has 2 aromatic rings. The first-order chi connectivity index (χ1) is 9.94. The van der Waals surface area contributed by atoms with E-state index in [1.54, 1.807) is 12.1 Å². The summed E-state index contributed by atoms with van der Waals surface area (Å²) in [5.41, 5.74) is 0.683. The van der Waals surface area contributed by atoms with E-state index in [2.05, 4.69) is 0 Å². The molecule has 0 unspecified atom stereocenters. The maximum Gasteiger partial charge on any atom is 0.337 e. The van der Waals surface area contributed by atoms with Gasteiger partial charge >= 0.3 is 5.97 Å². The molecule has 0 radical (unpaired) electrons. The number of nitrogens with zero attached hydrogens (tertiary/aromatic N) is 1. The van der Waals surface area contributed by atoms with Crippen LogP contribution in [0.3, 0.4) is 0 Å². The van der Waals surface area contributed by atoms with Gasteiger partial charge in [0, 0.05) is 0 Å². The predicted octanol–water partition coefficient (Wildman–Crippen LogP) is 2.23. The molecule has 21 heavy (non-hydrogen) atoms. The number of carboxylic acids is 1. The van der Waals surface area contributed by atoms with Crippen molar-refractivity contribution in [2.24, 2.45) is 0 Å². The molecule has 2 rings (SSSR count). The van der Waals surface area contributed by atoms with Crippen LogP contribution in [0.25, 0.3) is 0 Å². The Hall–Kier alpha value is -2.65. The van der Waals surface area contributed by atoms with Crippen LogP contribution in [0, 0.1) is 11.3 Å². The van der Waals surface area contributed by atoms with Gasteiger partial charge in [0.25, 0.3) is 0 Å². The van der Waals surface area contributed by atoms with Crippen molar-refractivity contribution in [2.45, 2.75) is 10.6 Å². The Labute approximate surface area is 122 Å². The lowest BCUT2D eigenvalue weighted by atomic mass is 10.2. The number of rotatable bonds is 4. The molecule has 6 heteroatoms. The largest absolute Gasteiger partial charge is 0.478 e. The molecule has 106 valence electrons. The molecule has 0 amide bonds. The van der Waals surface area contributed by atoms with E-state index < -0.39 is 15.8 Å². The highest BCUT2D eigenvalue weighted by molar-refractivity contribution is 7.90. The van der Waals surface area contributed by atoms with Gasteiger partial charge < -0.3 is 5.11 Å². The summed E-state index contributed by atoms with van der Waals surface area (Å²) in [6, 6.07) is 13.6. The van der Waals surface area contributed by atoms with E-state index in [0.717, 1.165) is 0 Å². The average Bonchev–Trinajstić information content (AvgIpc) is 2.47. The molecule has 1 N–H and O–H groups in total. The van der Waals surface area contributed by atoms with E-state index in [1.807, 2.05) is 6.07 Å². The van der Waals surface area contributed by atoms with E-state index in [-0.39, 0.29) is 16.2 Å². The lowest BCUT2D eigenvalue weighted by Gasteiger charge is -2.07. The van der Waals surface area contributed by atoms with Crippen molar-refractivity contribution in [1.29, 1.82) is 5.26 Å². The second-order valence-corrected chi connectivity index (χ2v) is 6.33. The molecule has 0 aromatic heterocycles. The van der Waals surface area contributed by atoms with E-state index >= 15 is 0 Å². The van der Waals surface area contributed by atoms with E-state index in [1.165, 1.54) is 36.4 Å². The predicted molar refractivity (Wildman–Crippen MR) is 75.4 cm³/mol. The normalized spacial score (nSPS) is 10.8. The second-order valence-electron chi connectivity index (χ2n) is 4.37. The number of hydrogen-bond donors (Lipinski definition) is 1. The molecule has 2 aromatic carbocycles.